The molecular weight excluding hydrogens is 382 g/mol. The van der Waals surface area contributed by atoms with Crippen LogP contribution in [0.3, 0.4) is 0 Å². The predicted molar refractivity (Wildman–Crippen MR) is 117 cm³/mol. The van der Waals surface area contributed by atoms with E-state index in [4.69, 9.17) is 17.0 Å². The first-order chi connectivity index (χ1) is 14.2. The van der Waals surface area contributed by atoms with Gasteiger partial charge in [-0.25, -0.2) is 4.98 Å². The molecule has 1 N–H and O–H groups in total. The van der Waals surface area contributed by atoms with Gasteiger partial charge in [0, 0.05) is 44.5 Å². The lowest BCUT2D eigenvalue weighted by Crippen LogP contribution is -2.32. The minimum atomic E-state index is -0.0367. The fourth-order valence-corrected chi connectivity index (χ4v) is 4.13. The molecule has 4 rings (SSSR count). The number of ether oxygens (including phenoxy) is 1. The second-order valence-electron chi connectivity index (χ2n) is 7.16. The van der Waals surface area contributed by atoms with Gasteiger partial charge in [0.25, 0.3) is 0 Å². The van der Waals surface area contributed by atoms with Gasteiger partial charge in [0.1, 0.15) is 5.82 Å². The number of pyridine rings is 2. The van der Waals surface area contributed by atoms with Crippen molar-refractivity contribution in [3.8, 4) is 5.82 Å². The average molecular weight is 408 g/mol. The number of hydrogen-bond acceptors (Lipinski definition) is 4. The molecule has 4 heterocycles. The van der Waals surface area contributed by atoms with Crippen molar-refractivity contribution < 1.29 is 4.74 Å². The lowest BCUT2D eigenvalue weighted by atomic mass is 10.0. The molecule has 0 unspecified atom stereocenters. The molecule has 150 valence electrons. The lowest BCUT2D eigenvalue weighted by Gasteiger charge is -2.28. The third-order valence-electron chi connectivity index (χ3n) is 5.17. The fourth-order valence-electron chi connectivity index (χ4n) is 3.79. The summed E-state index contributed by atoms with van der Waals surface area (Å²) in [7, 11) is 1.73. The zero-order valence-corrected chi connectivity index (χ0v) is 17.5. The van der Waals surface area contributed by atoms with Gasteiger partial charge in [0.05, 0.1) is 17.8 Å². The molecule has 1 fully saturated rings. The van der Waals surface area contributed by atoms with Crippen LogP contribution in [0, 0.1) is 6.92 Å². The summed E-state index contributed by atoms with van der Waals surface area (Å²) in [5, 5.41) is 4.24. The second kappa shape index (κ2) is 8.71. The third-order valence-corrected chi connectivity index (χ3v) is 5.52. The van der Waals surface area contributed by atoms with E-state index in [1.165, 1.54) is 0 Å². The topological polar surface area (TPSA) is 55.2 Å². The van der Waals surface area contributed by atoms with Crippen LogP contribution in [0.25, 0.3) is 5.82 Å². The van der Waals surface area contributed by atoms with E-state index in [0.29, 0.717) is 6.61 Å². The molecule has 0 saturated carbocycles. The molecule has 6 nitrogen and oxygen atoms in total. The standard InChI is InChI=1S/C22H25N5OS/c1-16-9-10-19(24-15-16)26-12-5-8-18(26)21-20(17-7-3-4-11-23-17)25-22(29)27(21)13-6-14-28-2/h3-5,7-12,15,20-21H,6,13-14H2,1-2H3,(H,25,29)/t20-,21-/m1/s1. The highest BCUT2D eigenvalue weighted by molar-refractivity contribution is 7.80. The highest BCUT2D eigenvalue weighted by Crippen LogP contribution is 2.39. The molecule has 0 radical (unpaired) electrons. The molecular formula is C22H25N5OS. The van der Waals surface area contributed by atoms with Gasteiger partial charge in [0.2, 0.25) is 0 Å². The summed E-state index contributed by atoms with van der Waals surface area (Å²) in [6, 6.07) is 14.3. The number of hydrogen-bond donors (Lipinski definition) is 1. The van der Waals surface area contributed by atoms with Crippen LogP contribution in [0.2, 0.25) is 0 Å². The number of aryl methyl sites for hydroxylation is 1. The molecule has 2 atom stereocenters. The highest BCUT2D eigenvalue weighted by Gasteiger charge is 2.41. The largest absolute Gasteiger partial charge is 0.385 e. The first-order valence-electron chi connectivity index (χ1n) is 9.76. The Kier molecular flexibility index (Phi) is 5.87. The van der Waals surface area contributed by atoms with Crippen molar-refractivity contribution in [2.24, 2.45) is 0 Å². The second-order valence-corrected chi connectivity index (χ2v) is 7.55. The fraction of sp³-hybridized carbons (Fsp3) is 0.318. The van der Waals surface area contributed by atoms with Crippen LogP contribution in [0.5, 0.6) is 0 Å². The number of methoxy groups -OCH3 is 1. The van der Waals surface area contributed by atoms with Gasteiger partial charge < -0.3 is 19.5 Å². The maximum atomic E-state index is 5.72. The summed E-state index contributed by atoms with van der Waals surface area (Å²) in [6.45, 7) is 3.54. The summed E-state index contributed by atoms with van der Waals surface area (Å²) < 4.78 is 7.40. The van der Waals surface area contributed by atoms with E-state index in [2.05, 4.69) is 49.1 Å². The van der Waals surface area contributed by atoms with Crippen LogP contribution < -0.4 is 5.32 Å². The Bertz CT molecular complexity index is 957. The number of aromatic nitrogens is 3. The number of rotatable bonds is 7. The molecule has 0 aromatic carbocycles. The van der Waals surface area contributed by atoms with Gasteiger partial charge >= 0.3 is 0 Å². The van der Waals surface area contributed by atoms with Crippen LogP contribution >= 0.6 is 12.2 Å². The summed E-state index contributed by atoms with van der Waals surface area (Å²) in [5.74, 6) is 0.894. The molecule has 3 aromatic rings. The first kappa shape index (κ1) is 19.5. The van der Waals surface area contributed by atoms with Gasteiger partial charge in [0.15, 0.2) is 5.11 Å². The first-order valence-corrected chi connectivity index (χ1v) is 10.2. The SMILES string of the molecule is COCCCN1C(=S)N[C@H](c2ccccn2)[C@H]1c1cccn1-c1ccc(C)cn1. The maximum absolute atomic E-state index is 5.72. The molecule has 7 heteroatoms. The summed E-state index contributed by atoms with van der Waals surface area (Å²) in [5.41, 5.74) is 3.24. The van der Waals surface area contributed by atoms with Crippen molar-refractivity contribution in [3.63, 3.8) is 0 Å². The van der Waals surface area contributed by atoms with Crippen molar-refractivity contribution in [1.29, 1.82) is 0 Å². The maximum Gasteiger partial charge on any atom is 0.170 e. The van der Waals surface area contributed by atoms with Crippen LogP contribution in [0.4, 0.5) is 0 Å². The molecule has 0 amide bonds. The van der Waals surface area contributed by atoms with Crippen molar-refractivity contribution >= 4 is 17.3 Å². The average Bonchev–Trinajstić information content (AvgIpc) is 3.34. The van der Waals surface area contributed by atoms with E-state index in [0.717, 1.165) is 40.8 Å². The zero-order valence-electron chi connectivity index (χ0n) is 16.7. The quantitative estimate of drug-likeness (QED) is 0.477. The Morgan fingerprint density at radius 2 is 2.03 bits per heavy atom. The van der Waals surface area contributed by atoms with E-state index >= 15 is 0 Å². The molecule has 1 aliphatic rings. The van der Waals surface area contributed by atoms with Crippen LogP contribution in [0.1, 0.15) is 35.5 Å². The van der Waals surface area contributed by atoms with Crippen LogP contribution in [-0.2, 0) is 4.74 Å². The predicted octanol–water partition coefficient (Wildman–Crippen LogP) is 3.58. The molecule has 3 aromatic heterocycles. The highest BCUT2D eigenvalue weighted by atomic mass is 32.1. The van der Waals surface area contributed by atoms with Crippen molar-refractivity contribution in [1.82, 2.24) is 24.8 Å². The Hall–Kier alpha value is -2.77. The van der Waals surface area contributed by atoms with Crippen molar-refractivity contribution in [3.05, 3.63) is 78.0 Å². The minimum Gasteiger partial charge on any atom is -0.385 e. The Morgan fingerprint density at radius 1 is 1.14 bits per heavy atom. The minimum absolute atomic E-state index is 0.00681. The van der Waals surface area contributed by atoms with Gasteiger partial charge in [-0.3, -0.25) is 4.98 Å². The molecule has 1 aliphatic heterocycles. The molecule has 1 saturated heterocycles. The third kappa shape index (κ3) is 4.02. The summed E-state index contributed by atoms with van der Waals surface area (Å²) in [4.78, 5) is 11.5. The smallest absolute Gasteiger partial charge is 0.170 e. The van der Waals surface area contributed by atoms with Gasteiger partial charge in [-0.05, 0) is 61.5 Å². The van der Waals surface area contributed by atoms with E-state index in [9.17, 15) is 0 Å². The number of nitrogens with zero attached hydrogens (tertiary/aromatic N) is 4. The summed E-state index contributed by atoms with van der Waals surface area (Å²) >= 11 is 5.72. The molecule has 0 aliphatic carbocycles. The monoisotopic (exact) mass is 407 g/mol. The summed E-state index contributed by atoms with van der Waals surface area (Å²) in [6.07, 6.45) is 6.67. The number of thiocarbonyl (C=S) groups is 1. The van der Waals surface area contributed by atoms with E-state index in [1.54, 1.807) is 7.11 Å². The Morgan fingerprint density at radius 3 is 2.76 bits per heavy atom. The van der Waals surface area contributed by atoms with Gasteiger partial charge in [-0.1, -0.05) is 12.1 Å². The normalized spacial score (nSPS) is 18.8. The molecule has 29 heavy (non-hydrogen) atoms. The Labute approximate surface area is 176 Å². The molecule has 0 bridgehead atoms. The van der Waals surface area contributed by atoms with Crippen LogP contribution in [-0.4, -0.2) is 44.8 Å². The number of nitrogens with one attached hydrogen (secondary N) is 1. The van der Waals surface area contributed by atoms with E-state index in [-0.39, 0.29) is 12.1 Å². The van der Waals surface area contributed by atoms with E-state index < -0.39 is 0 Å². The van der Waals surface area contributed by atoms with Crippen molar-refractivity contribution in [2.45, 2.75) is 25.4 Å². The lowest BCUT2D eigenvalue weighted by molar-refractivity contribution is 0.180. The zero-order chi connectivity index (χ0) is 20.2. The molecule has 0 spiro atoms. The van der Waals surface area contributed by atoms with Crippen molar-refractivity contribution in [2.75, 3.05) is 20.3 Å². The van der Waals surface area contributed by atoms with Gasteiger partial charge in [-0.2, -0.15) is 0 Å². The van der Waals surface area contributed by atoms with Gasteiger partial charge in [-0.15, -0.1) is 0 Å². The van der Waals surface area contributed by atoms with E-state index in [1.807, 2.05) is 43.6 Å². The Balaban J connectivity index is 1.75. The van der Waals surface area contributed by atoms with Crippen LogP contribution in [0.15, 0.2) is 61.1 Å².